The van der Waals surface area contributed by atoms with Crippen molar-refractivity contribution >= 4 is 28.6 Å². The van der Waals surface area contributed by atoms with E-state index in [-0.39, 0.29) is 28.4 Å². The fourth-order valence-corrected chi connectivity index (χ4v) is 3.47. The zero-order valence-electron chi connectivity index (χ0n) is 16.4. The molecule has 3 N–H and O–H groups in total. The molecule has 0 saturated carbocycles. The first-order valence-electron chi connectivity index (χ1n) is 9.59. The van der Waals surface area contributed by atoms with Crippen molar-refractivity contribution in [3.63, 3.8) is 0 Å². The van der Waals surface area contributed by atoms with Crippen LogP contribution >= 0.6 is 0 Å². The molecule has 0 spiro atoms. The molecule has 0 fully saturated rings. The van der Waals surface area contributed by atoms with Crippen LogP contribution in [0.15, 0.2) is 72.9 Å². The van der Waals surface area contributed by atoms with E-state index in [4.69, 9.17) is 5.73 Å². The van der Waals surface area contributed by atoms with E-state index >= 15 is 0 Å². The third-order valence-electron chi connectivity index (χ3n) is 5.07. The van der Waals surface area contributed by atoms with Crippen LogP contribution < -0.4 is 11.1 Å². The molecule has 150 valence electrons. The van der Waals surface area contributed by atoms with Gasteiger partial charge in [-0.05, 0) is 36.2 Å². The number of amides is 1. The molecule has 2 aromatic heterocycles. The maximum absolute atomic E-state index is 14.0. The summed E-state index contributed by atoms with van der Waals surface area (Å²) < 4.78 is 15.6. The highest BCUT2D eigenvalue weighted by atomic mass is 19.1. The molecular formula is C24H20FN3O2. The monoisotopic (exact) mass is 401 g/mol. The number of nitrogen functional groups attached to an aromatic ring is 1. The molecule has 2 heterocycles. The predicted octanol–water partition coefficient (Wildman–Crippen LogP) is 4.71. The van der Waals surface area contributed by atoms with Crippen LogP contribution in [0.1, 0.15) is 38.9 Å². The van der Waals surface area contributed by atoms with Gasteiger partial charge in [-0.25, -0.2) is 4.39 Å². The first-order valence-corrected chi connectivity index (χ1v) is 9.59. The van der Waals surface area contributed by atoms with Crippen LogP contribution in [0, 0.1) is 5.82 Å². The number of para-hydroxylation sites is 1. The number of benzene rings is 2. The van der Waals surface area contributed by atoms with Gasteiger partial charge in [-0.2, -0.15) is 0 Å². The lowest BCUT2D eigenvalue weighted by Crippen LogP contribution is -2.15. The Labute approximate surface area is 173 Å². The van der Waals surface area contributed by atoms with E-state index in [0.717, 1.165) is 12.0 Å². The zero-order valence-corrected chi connectivity index (χ0v) is 16.4. The highest BCUT2D eigenvalue weighted by Crippen LogP contribution is 2.29. The van der Waals surface area contributed by atoms with Crippen LogP contribution in [0.5, 0.6) is 0 Å². The van der Waals surface area contributed by atoms with Crippen LogP contribution in [0.2, 0.25) is 0 Å². The number of halogens is 1. The van der Waals surface area contributed by atoms with Gasteiger partial charge < -0.3 is 15.5 Å². The Balaban J connectivity index is 1.80. The second-order valence-corrected chi connectivity index (χ2v) is 6.91. The highest BCUT2D eigenvalue weighted by Gasteiger charge is 2.26. The van der Waals surface area contributed by atoms with Crippen molar-refractivity contribution in [3.05, 3.63) is 101 Å². The maximum Gasteiger partial charge on any atom is 0.260 e. The number of nitrogens with two attached hydrogens (primary N) is 1. The van der Waals surface area contributed by atoms with Crippen molar-refractivity contribution in [2.45, 2.75) is 13.3 Å². The van der Waals surface area contributed by atoms with Crippen molar-refractivity contribution in [2.24, 2.45) is 0 Å². The average Bonchev–Trinajstić information content (AvgIpc) is 3.06. The Kier molecular flexibility index (Phi) is 5.06. The maximum atomic E-state index is 14.0. The second-order valence-electron chi connectivity index (χ2n) is 6.91. The molecule has 1 amide bonds. The molecule has 4 rings (SSSR count). The van der Waals surface area contributed by atoms with Crippen molar-refractivity contribution in [2.75, 3.05) is 11.1 Å². The quantitative estimate of drug-likeness (QED) is 0.476. The Bertz CT molecular complexity index is 1260. The number of nitrogens with zero attached hydrogens (tertiary/aromatic N) is 1. The molecule has 0 aliphatic rings. The van der Waals surface area contributed by atoms with Crippen LogP contribution in [0.4, 0.5) is 15.8 Å². The minimum absolute atomic E-state index is 0.0419. The molecule has 0 aliphatic heterocycles. The van der Waals surface area contributed by atoms with E-state index in [1.165, 1.54) is 18.2 Å². The molecule has 0 atom stereocenters. The van der Waals surface area contributed by atoms with E-state index in [1.54, 1.807) is 47.0 Å². The molecule has 2 aromatic carbocycles. The summed E-state index contributed by atoms with van der Waals surface area (Å²) in [6.45, 7) is 2.04. The first kappa shape index (κ1) is 19.4. The SMILES string of the molecule is CCc1ccc(C(=O)c2c(N)c(C(=O)Nc3ccccc3F)c3ccccn23)cc1. The van der Waals surface area contributed by atoms with Crippen LogP contribution in [-0.4, -0.2) is 16.1 Å². The number of hydrogen-bond donors (Lipinski definition) is 2. The summed E-state index contributed by atoms with van der Waals surface area (Å²) >= 11 is 0. The van der Waals surface area contributed by atoms with Gasteiger partial charge in [0.15, 0.2) is 0 Å². The number of anilines is 2. The van der Waals surface area contributed by atoms with Gasteiger partial charge >= 0.3 is 0 Å². The lowest BCUT2D eigenvalue weighted by Gasteiger charge is -2.06. The first-order chi connectivity index (χ1) is 14.5. The van der Waals surface area contributed by atoms with E-state index in [0.29, 0.717) is 11.1 Å². The number of ketones is 1. The van der Waals surface area contributed by atoms with E-state index < -0.39 is 11.7 Å². The van der Waals surface area contributed by atoms with Gasteiger partial charge in [0.05, 0.1) is 22.5 Å². The smallest absolute Gasteiger partial charge is 0.260 e. The number of pyridine rings is 1. The highest BCUT2D eigenvalue weighted by molar-refractivity contribution is 6.20. The fourth-order valence-electron chi connectivity index (χ4n) is 3.47. The number of carbonyl (C=O) groups excluding carboxylic acids is 2. The summed E-state index contributed by atoms with van der Waals surface area (Å²) in [7, 11) is 0. The van der Waals surface area contributed by atoms with Gasteiger partial charge in [0.1, 0.15) is 11.5 Å². The van der Waals surface area contributed by atoms with Crippen LogP contribution in [0.25, 0.3) is 5.52 Å². The van der Waals surface area contributed by atoms with Crippen molar-refractivity contribution in [1.29, 1.82) is 0 Å². The van der Waals surface area contributed by atoms with E-state index in [2.05, 4.69) is 5.32 Å². The predicted molar refractivity (Wildman–Crippen MR) is 115 cm³/mol. The molecule has 0 saturated heterocycles. The Morgan fingerprint density at radius 1 is 1.00 bits per heavy atom. The summed E-state index contributed by atoms with van der Waals surface area (Å²) in [6, 6.07) is 18.4. The van der Waals surface area contributed by atoms with E-state index in [1.807, 2.05) is 19.1 Å². The van der Waals surface area contributed by atoms with Gasteiger partial charge in [0, 0.05) is 11.8 Å². The molecule has 30 heavy (non-hydrogen) atoms. The third-order valence-corrected chi connectivity index (χ3v) is 5.07. The topological polar surface area (TPSA) is 76.6 Å². The Hall–Kier alpha value is -3.93. The van der Waals surface area contributed by atoms with E-state index in [9.17, 15) is 14.0 Å². The summed E-state index contributed by atoms with van der Waals surface area (Å²) in [6.07, 6.45) is 2.55. The number of carbonyl (C=O) groups is 2. The van der Waals surface area contributed by atoms with Gasteiger partial charge in [0.2, 0.25) is 5.78 Å². The fraction of sp³-hybridized carbons (Fsp3) is 0.0833. The Morgan fingerprint density at radius 3 is 2.40 bits per heavy atom. The number of rotatable bonds is 5. The number of nitrogens with one attached hydrogen (secondary N) is 1. The molecule has 0 bridgehead atoms. The lowest BCUT2D eigenvalue weighted by atomic mass is 10.0. The van der Waals surface area contributed by atoms with Gasteiger partial charge in [-0.3, -0.25) is 9.59 Å². The summed E-state index contributed by atoms with van der Waals surface area (Å²) in [5, 5.41) is 2.55. The molecule has 0 aliphatic carbocycles. The normalized spacial score (nSPS) is 10.9. The van der Waals surface area contributed by atoms with Crippen LogP contribution in [-0.2, 0) is 6.42 Å². The van der Waals surface area contributed by atoms with Gasteiger partial charge in [-0.15, -0.1) is 0 Å². The molecule has 6 heteroatoms. The summed E-state index contributed by atoms with van der Waals surface area (Å²) in [5.41, 5.74) is 8.80. The zero-order chi connectivity index (χ0) is 21.3. The van der Waals surface area contributed by atoms with Gasteiger partial charge in [0.25, 0.3) is 5.91 Å². The second kappa shape index (κ2) is 7.83. The van der Waals surface area contributed by atoms with Crippen molar-refractivity contribution in [1.82, 2.24) is 4.40 Å². The third kappa shape index (κ3) is 3.33. The summed E-state index contributed by atoms with van der Waals surface area (Å²) in [5.74, 6) is -1.43. The number of hydrogen-bond acceptors (Lipinski definition) is 3. The van der Waals surface area contributed by atoms with Crippen LogP contribution in [0.3, 0.4) is 0 Å². The minimum Gasteiger partial charge on any atom is -0.396 e. The molecule has 5 nitrogen and oxygen atoms in total. The molecule has 0 unspecified atom stereocenters. The van der Waals surface area contributed by atoms with Gasteiger partial charge in [-0.1, -0.05) is 49.4 Å². The number of aryl methyl sites for hydroxylation is 1. The standard InChI is InChI=1S/C24H20FN3O2/c1-2-15-10-12-16(13-11-15)23(29)22-21(26)20(19-9-5-6-14-28(19)22)24(30)27-18-8-4-3-7-17(18)25/h3-14H,2,26H2,1H3,(H,27,30). The molecule has 0 radical (unpaired) electrons. The average molecular weight is 401 g/mol. The largest absolute Gasteiger partial charge is 0.396 e. The van der Waals surface area contributed by atoms with Crippen molar-refractivity contribution in [3.8, 4) is 0 Å². The Morgan fingerprint density at radius 2 is 1.70 bits per heavy atom. The minimum atomic E-state index is -0.582. The number of aromatic nitrogens is 1. The van der Waals surface area contributed by atoms with Crippen molar-refractivity contribution < 1.29 is 14.0 Å². The number of fused-ring (bicyclic) bond motifs is 1. The lowest BCUT2D eigenvalue weighted by molar-refractivity contribution is 0.102. The molecular weight excluding hydrogens is 381 g/mol. The molecule has 4 aromatic rings. The summed E-state index contributed by atoms with van der Waals surface area (Å²) in [4.78, 5) is 26.2.